The fraction of sp³-hybridized carbons (Fsp3) is 0.500. The first kappa shape index (κ1) is 32.5. The number of thiazole rings is 1. The Kier molecular flexibility index (Phi) is 10.2. The summed E-state index contributed by atoms with van der Waals surface area (Å²) in [5, 5.41) is 11.8. The Morgan fingerprint density at radius 1 is 1.14 bits per heavy atom. The second-order valence-electron chi connectivity index (χ2n) is 10.4. The lowest BCUT2D eigenvalue weighted by Crippen LogP contribution is -2.38. The van der Waals surface area contributed by atoms with Gasteiger partial charge in [-0.1, -0.05) is 18.8 Å². The molecule has 0 saturated carbocycles. The maximum Gasteiger partial charge on any atom is 0.416 e. The highest BCUT2D eigenvalue weighted by Crippen LogP contribution is 2.39. The molecule has 9 nitrogen and oxygen atoms in total. The Morgan fingerprint density at radius 2 is 1.88 bits per heavy atom. The molecule has 2 saturated heterocycles. The van der Waals surface area contributed by atoms with Crippen molar-refractivity contribution in [2.75, 3.05) is 36.5 Å². The van der Waals surface area contributed by atoms with Crippen molar-refractivity contribution in [3.63, 3.8) is 0 Å². The Morgan fingerprint density at radius 3 is 2.53 bits per heavy atom. The highest BCUT2D eigenvalue weighted by Gasteiger charge is 2.33. The van der Waals surface area contributed by atoms with E-state index in [9.17, 15) is 22.4 Å². The van der Waals surface area contributed by atoms with Gasteiger partial charge in [-0.3, -0.25) is 4.90 Å². The number of benzene rings is 1. The molecule has 43 heavy (non-hydrogen) atoms. The predicted octanol–water partition coefficient (Wildman–Crippen LogP) is 6.33. The van der Waals surface area contributed by atoms with E-state index in [2.05, 4.69) is 32.1 Å². The highest BCUT2D eigenvalue weighted by molar-refractivity contribution is 7.16. The number of carboxylic acid groups (broad SMARTS) is 1. The number of aromatic nitrogens is 3. The number of rotatable bonds is 9. The van der Waals surface area contributed by atoms with Gasteiger partial charge >= 0.3 is 12.1 Å². The number of carboxylic acids is 1. The molecule has 0 spiro atoms. The predicted molar refractivity (Wildman–Crippen MR) is 152 cm³/mol. The summed E-state index contributed by atoms with van der Waals surface area (Å²) in [5.74, 6) is -2.95. The quantitative estimate of drug-likeness (QED) is 0.263. The summed E-state index contributed by atoms with van der Waals surface area (Å²) in [7, 11) is 0. The number of ether oxygens (including phenoxy) is 1. The molecular weight excluding hydrogens is 595 g/mol. The van der Waals surface area contributed by atoms with Crippen molar-refractivity contribution in [1.29, 1.82) is 0 Å². The van der Waals surface area contributed by atoms with Crippen molar-refractivity contribution in [2.45, 2.75) is 64.9 Å². The van der Waals surface area contributed by atoms with E-state index < -0.39 is 36.0 Å². The molecule has 2 aliphatic rings. The molecule has 0 unspecified atom stereocenters. The van der Waals surface area contributed by atoms with Crippen LogP contribution in [0.5, 0.6) is 0 Å². The van der Waals surface area contributed by atoms with E-state index in [1.165, 1.54) is 6.33 Å². The molecule has 5 rings (SSSR count). The minimum atomic E-state index is -4.74. The van der Waals surface area contributed by atoms with Crippen molar-refractivity contribution in [3.05, 3.63) is 46.6 Å². The number of nitrogens with zero attached hydrogens (tertiary/aromatic N) is 5. The molecule has 4 heterocycles. The molecule has 2 fully saturated rings. The molecule has 0 amide bonds. The van der Waals surface area contributed by atoms with E-state index in [0.29, 0.717) is 43.4 Å². The standard InChI is InChI=1S/C27H29F5N6O3S.CH4/c1-15-3-2-6-38(15)12-20-23(16-9-17(27(30,31)32)11-18(28)10-16)35-26(42-20)36-24-22(29)25(34-14-33-24)37-7-4-19(5-8-37)41-13-21(39)40;/h9-11,14-15,19H,2-8,12-13H2,1H3,(H,39,40)(H,33,34,35,36);1H4/t15-;/m1./s1. The van der Waals surface area contributed by atoms with Crippen LogP contribution in [0.2, 0.25) is 0 Å². The number of nitrogens with one attached hydrogen (secondary N) is 1. The summed E-state index contributed by atoms with van der Waals surface area (Å²) in [6.45, 7) is 3.64. The Labute approximate surface area is 249 Å². The van der Waals surface area contributed by atoms with Gasteiger partial charge in [0.15, 0.2) is 16.8 Å². The van der Waals surface area contributed by atoms with Gasteiger partial charge in [-0.15, -0.1) is 0 Å². The summed E-state index contributed by atoms with van der Waals surface area (Å²) in [6.07, 6.45) is -0.869. The summed E-state index contributed by atoms with van der Waals surface area (Å²) in [4.78, 5) is 27.8. The number of aliphatic carboxylic acids is 1. The molecule has 0 aliphatic carbocycles. The van der Waals surface area contributed by atoms with Crippen LogP contribution in [0, 0.1) is 11.6 Å². The van der Waals surface area contributed by atoms with Crippen molar-refractivity contribution >= 4 is 34.1 Å². The molecule has 1 aromatic carbocycles. The van der Waals surface area contributed by atoms with Gasteiger partial charge in [0.1, 0.15) is 18.8 Å². The van der Waals surface area contributed by atoms with E-state index >= 15 is 4.39 Å². The van der Waals surface area contributed by atoms with E-state index in [1.54, 1.807) is 4.90 Å². The van der Waals surface area contributed by atoms with E-state index in [1.807, 2.05) is 0 Å². The second kappa shape index (κ2) is 13.5. The minimum Gasteiger partial charge on any atom is -0.480 e. The zero-order chi connectivity index (χ0) is 30.0. The van der Waals surface area contributed by atoms with Gasteiger partial charge in [-0.05, 0) is 57.4 Å². The largest absolute Gasteiger partial charge is 0.480 e. The average molecular weight is 629 g/mol. The molecule has 1 atom stereocenters. The van der Waals surface area contributed by atoms with Crippen LogP contribution in [0.3, 0.4) is 0 Å². The number of anilines is 3. The van der Waals surface area contributed by atoms with Crippen LogP contribution >= 0.6 is 11.3 Å². The van der Waals surface area contributed by atoms with Crippen LogP contribution in [0.25, 0.3) is 11.3 Å². The van der Waals surface area contributed by atoms with E-state index in [0.717, 1.165) is 42.9 Å². The Hall–Kier alpha value is -3.43. The van der Waals surface area contributed by atoms with Crippen molar-refractivity contribution < 1.29 is 36.6 Å². The summed E-state index contributed by atoms with van der Waals surface area (Å²) < 4.78 is 75.7. The highest BCUT2D eigenvalue weighted by atomic mass is 32.1. The number of alkyl halides is 3. The van der Waals surface area contributed by atoms with Crippen molar-refractivity contribution in [1.82, 2.24) is 19.9 Å². The molecule has 0 bridgehead atoms. The van der Waals surface area contributed by atoms with Crippen LogP contribution < -0.4 is 10.2 Å². The lowest BCUT2D eigenvalue weighted by molar-refractivity contribution is -0.144. The SMILES string of the molecule is C.C[C@@H]1CCCN1Cc1sc(Nc2ncnc(N3CCC(OCC(=O)O)CC3)c2F)nc1-c1cc(F)cc(C(F)(F)F)c1. The minimum absolute atomic E-state index is 0. The van der Waals surface area contributed by atoms with Gasteiger partial charge in [0, 0.05) is 36.1 Å². The first-order valence-corrected chi connectivity index (χ1v) is 14.3. The molecule has 2 aliphatic heterocycles. The number of hydrogen-bond donors (Lipinski definition) is 2. The summed E-state index contributed by atoms with van der Waals surface area (Å²) in [6, 6.07) is 2.58. The Balaban J connectivity index is 0.00000423. The molecule has 234 valence electrons. The fourth-order valence-corrected chi connectivity index (χ4v) is 6.24. The fourth-order valence-electron chi connectivity index (χ4n) is 5.23. The third-order valence-corrected chi connectivity index (χ3v) is 8.37. The Bertz CT molecular complexity index is 1430. The van der Waals surface area contributed by atoms with Gasteiger partial charge in [-0.25, -0.2) is 24.1 Å². The first-order chi connectivity index (χ1) is 20.0. The first-order valence-electron chi connectivity index (χ1n) is 13.5. The average Bonchev–Trinajstić information content (AvgIpc) is 3.53. The van der Waals surface area contributed by atoms with E-state index in [-0.39, 0.29) is 47.6 Å². The smallest absolute Gasteiger partial charge is 0.416 e. The van der Waals surface area contributed by atoms with Crippen LogP contribution in [0.1, 0.15) is 50.5 Å². The number of piperidine rings is 1. The van der Waals surface area contributed by atoms with E-state index in [4.69, 9.17) is 9.84 Å². The summed E-state index contributed by atoms with van der Waals surface area (Å²) >= 11 is 1.14. The molecule has 3 aromatic rings. The van der Waals surface area contributed by atoms with Gasteiger partial charge < -0.3 is 20.1 Å². The van der Waals surface area contributed by atoms with Crippen molar-refractivity contribution in [2.24, 2.45) is 0 Å². The summed E-state index contributed by atoms with van der Waals surface area (Å²) in [5.41, 5.74) is -0.959. The zero-order valence-electron chi connectivity index (χ0n) is 22.6. The topological polar surface area (TPSA) is 104 Å². The van der Waals surface area contributed by atoms with Gasteiger partial charge in [0.2, 0.25) is 5.82 Å². The van der Waals surface area contributed by atoms with Crippen LogP contribution in [0.15, 0.2) is 24.5 Å². The van der Waals surface area contributed by atoms with Gasteiger partial charge in [-0.2, -0.15) is 17.6 Å². The monoisotopic (exact) mass is 628 g/mol. The lowest BCUT2D eigenvalue weighted by Gasteiger charge is -2.32. The lowest BCUT2D eigenvalue weighted by atomic mass is 10.1. The third-order valence-electron chi connectivity index (χ3n) is 7.41. The molecule has 2 aromatic heterocycles. The number of likely N-dealkylation sites (tertiary alicyclic amines) is 1. The molecule has 15 heteroatoms. The molecule has 0 radical (unpaired) electrons. The van der Waals surface area contributed by atoms with Crippen LogP contribution in [-0.2, 0) is 22.3 Å². The molecular formula is C28H33F5N6O3S. The van der Waals surface area contributed by atoms with Crippen LogP contribution in [0.4, 0.5) is 38.7 Å². The van der Waals surface area contributed by atoms with Crippen LogP contribution in [-0.4, -0.2) is 69.3 Å². The maximum absolute atomic E-state index is 15.6. The zero-order valence-corrected chi connectivity index (χ0v) is 23.4. The maximum atomic E-state index is 15.6. The van der Waals surface area contributed by atoms with Crippen molar-refractivity contribution in [3.8, 4) is 11.3 Å². The normalized spacial score (nSPS) is 18.1. The number of halogens is 5. The number of carbonyl (C=O) groups is 1. The van der Waals surface area contributed by atoms with Gasteiger partial charge in [0.25, 0.3) is 0 Å². The second-order valence-corrected chi connectivity index (χ2v) is 11.4. The third kappa shape index (κ3) is 7.75. The molecule has 2 N–H and O–H groups in total. The van der Waals surface area contributed by atoms with Gasteiger partial charge in [0.05, 0.1) is 17.4 Å². The number of hydrogen-bond acceptors (Lipinski definition) is 9.